The Kier molecular flexibility index (Phi) is 8.59. The molecule has 9 heteroatoms. The zero-order chi connectivity index (χ0) is 24.7. The summed E-state index contributed by atoms with van der Waals surface area (Å²) < 4.78 is 12.1. The maximum atomic E-state index is 12.8. The molecule has 0 saturated carbocycles. The molecule has 9 nitrogen and oxygen atoms in total. The fourth-order valence-corrected chi connectivity index (χ4v) is 3.67. The van der Waals surface area contributed by atoms with Crippen LogP contribution in [0.3, 0.4) is 0 Å². The highest BCUT2D eigenvalue weighted by atomic mass is 16.5. The molecule has 182 valence electrons. The van der Waals surface area contributed by atoms with Gasteiger partial charge < -0.3 is 19.7 Å². The van der Waals surface area contributed by atoms with Gasteiger partial charge in [0.1, 0.15) is 16.8 Å². The molecule has 1 aromatic carbocycles. The van der Waals surface area contributed by atoms with Gasteiger partial charge in [-0.15, -0.1) is 0 Å². The van der Waals surface area contributed by atoms with Crippen LogP contribution in [0.15, 0.2) is 30.5 Å². The van der Waals surface area contributed by atoms with Gasteiger partial charge >= 0.3 is 5.97 Å². The highest BCUT2D eigenvalue weighted by Gasteiger charge is 2.23. The highest BCUT2D eigenvalue weighted by molar-refractivity contribution is 6.00. The van der Waals surface area contributed by atoms with E-state index in [1.165, 1.54) is 10.9 Å². The number of aromatic nitrogens is 3. The summed E-state index contributed by atoms with van der Waals surface area (Å²) in [6.45, 7) is 7.58. The van der Waals surface area contributed by atoms with Crippen molar-refractivity contribution < 1.29 is 19.1 Å². The van der Waals surface area contributed by atoms with Gasteiger partial charge in [0.05, 0.1) is 19.9 Å². The van der Waals surface area contributed by atoms with Gasteiger partial charge in [-0.1, -0.05) is 25.5 Å². The largest absolute Gasteiger partial charge is 0.494 e. The summed E-state index contributed by atoms with van der Waals surface area (Å²) in [5, 5.41) is 8.18. The van der Waals surface area contributed by atoms with Crippen LogP contribution in [0.4, 0.5) is 5.82 Å². The Morgan fingerprint density at radius 1 is 1.21 bits per heavy atom. The number of esters is 1. The Morgan fingerprint density at radius 3 is 2.71 bits per heavy atom. The molecule has 34 heavy (non-hydrogen) atoms. The number of nitrogens with zero attached hydrogens (tertiary/aromatic N) is 4. The summed E-state index contributed by atoms with van der Waals surface area (Å²) in [4.78, 5) is 32.2. The van der Waals surface area contributed by atoms with Crippen molar-refractivity contribution in [3.63, 3.8) is 0 Å². The molecular weight excluding hydrogens is 434 g/mol. The van der Waals surface area contributed by atoms with Crippen LogP contribution in [0.2, 0.25) is 0 Å². The molecule has 0 aliphatic carbocycles. The first-order chi connectivity index (χ1) is 16.4. The van der Waals surface area contributed by atoms with E-state index in [1.54, 1.807) is 14.0 Å². The number of nitrogens with one attached hydrogen (secondary N) is 1. The summed E-state index contributed by atoms with van der Waals surface area (Å²) in [5.41, 5.74) is 1.80. The molecule has 2 aromatic heterocycles. The van der Waals surface area contributed by atoms with Crippen LogP contribution in [0.5, 0.6) is 5.75 Å². The molecule has 0 spiro atoms. The lowest BCUT2D eigenvalue weighted by Crippen LogP contribution is -2.26. The third-order valence-corrected chi connectivity index (χ3v) is 5.57. The predicted molar refractivity (Wildman–Crippen MR) is 132 cm³/mol. The third kappa shape index (κ3) is 5.72. The number of para-hydroxylation sites is 1. The van der Waals surface area contributed by atoms with Crippen molar-refractivity contribution >= 4 is 28.6 Å². The van der Waals surface area contributed by atoms with Gasteiger partial charge in [0.25, 0.3) is 0 Å². The number of carbonyl (C=O) groups excluding carboxylic acids is 2. The molecule has 0 atom stereocenters. The van der Waals surface area contributed by atoms with E-state index in [4.69, 9.17) is 14.5 Å². The number of fused-ring (bicyclic) bond motifs is 1. The molecular formula is C25H33N5O4. The predicted octanol–water partition coefficient (Wildman–Crippen LogP) is 3.97. The number of benzene rings is 1. The average molecular weight is 468 g/mol. The number of rotatable bonds is 11. The van der Waals surface area contributed by atoms with Crippen molar-refractivity contribution in [1.82, 2.24) is 19.7 Å². The first-order valence-electron chi connectivity index (χ1n) is 11.6. The Morgan fingerprint density at radius 2 is 2.00 bits per heavy atom. The molecule has 0 saturated heterocycles. The first-order valence-corrected chi connectivity index (χ1v) is 11.6. The lowest BCUT2D eigenvalue weighted by Gasteiger charge is -2.16. The van der Waals surface area contributed by atoms with Crippen LogP contribution in [0.25, 0.3) is 16.7 Å². The summed E-state index contributed by atoms with van der Waals surface area (Å²) in [7, 11) is 3.58. The van der Waals surface area contributed by atoms with E-state index in [1.807, 2.05) is 38.2 Å². The zero-order valence-electron chi connectivity index (χ0n) is 20.6. The molecule has 0 unspecified atom stereocenters. The maximum Gasteiger partial charge on any atom is 0.343 e. The van der Waals surface area contributed by atoms with Gasteiger partial charge in [-0.3, -0.25) is 4.79 Å². The number of hydrogen-bond donors (Lipinski definition) is 1. The number of unbranched alkanes of at least 4 members (excludes halogenated alkanes) is 1. The number of amides is 1. The number of aryl methyl sites for hydroxylation is 1. The lowest BCUT2D eigenvalue weighted by atomic mass is 10.1. The molecule has 0 aliphatic rings. The van der Waals surface area contributed by atoms with Gasteiger partial charge in [-0.2, -0.15) is 9.78 Å². The standard InChI is InChI=1S/C25H33N5O4/c1-6-8-13-29(4)14-12-22(31)28-24-19(25(32)34-7-2)16-26-30(24)21-15-17(3)18-10-9-11-20(33-5)23(18)27-21/h9-11,15-16H,6-8,12-14H2,1-5H3,(H,28,31). The Balaban J connectivity index is 1.97. The van der Waals surface area contributed by atoms with E-state index in [9.17, 15) is 9.59 Å². The maximum absolute atomic E-state index is 12.8. The van der Waals surface area contributed by atoms with E-state index in [0.717, 1.165) is 30.3 Å². The van der Waals surface area contributed by atoms with Crippen LogP contribution < -0.4 is 10.1 Å². The van der Waals surface area contributed by atoms with Crippen LogP contribution in [-0.4, -0.2) is 65.4 Å². The second kappa shape index (κ2) is 11.6. The van der Waals surface area contributed by atoms with E-state index < -0.39 is 5.97 Å². The molecule has 0 bridgehead atoms. The minimum Gasteiger partial charge on any atom is -0.494 e. The average Bonchev–Trinajstić information content (AvgIpc) is 3.24. The van der Waals surface area contributed by atoms with E-state index >= 15 is 0 Å². The summed E-state index contributed by atoms with van der Waals surface area (Å²) >= 11 is 0. The van der Waals surface area contributed by atoms with Gasteiger partial charge in [-0.25, -0.2) is 9.78 Å². The summed E-state index contributed by atoms with van der Waals surface area (Å²) in [6.07, 6.45) is 3.85. The molecule has 0 aliphatic heterocycles. The SMILES string of the molecule is CCCCN(C)CCC(=O)Nc1c(C(=O)OCC)cnn1-c1cc(C)c2cccc(OC)c2n1. The Labute approximate surface area is 200 Å². The number of carbonyl (C=O) groups is 2. The quantitative estimate of drug-likeness (QED) is 0.426. The van der Waals surface area contributed by atoms with Crippen molar-refractivity contribution in [2.75, 3.05) is 39.2 Å². The fraction of sp³-hybridized carbons (Fsp3) is 0.440. The summed E-state index contributed by atoms with van der Waals surface area (Å²) in [5.74, 6) is 0.548. The fourth-order valence-electron chi connectivity index (χ4n) is 3.67. The monoisotopic (exact) mass is 467 g/mol. The van der Waals surface area contributed by atoms with Crippen LogP contribution in [-0.2, 0) is 9.53 Å². The summed E-state index contributed by atoms with van der Waals surface area (Å²) in [6, 6.07) is 7.57. The number of pyridine rings is 1. The van der Waals surface area contributed by atoms with Gasteiger partial charge in [0, 0.05) is 18.4 Å². The van der Waals surface area contributed by atoms with E-state index in [-0.39, 0.29) is 30.3 Å². The molecule has 1 amide bonds. The van der Waals surface area contributed by atoms with Crippen molar-refractivity contribution in [2.45, 2.75) is 40.0 Å². The van der Waals surface area contributed by atoms with Crippen molar-refractivity contribution in [1.29, 1.82) is 0 Å². The first kappa shape index (κ1) is 25.2. The number of ether oxygens (including phenoxy) is 2. The lowest BCUT2D eigenvalue weighted by molar-refractivity contribution is -0.116. The Hall–Kier alpha value is -3.46. The normalized spacial score (nSPS) is 11.1. The number of methoxy groups -OCH3 is 1. The van der Waals surface area contributed by atoms with Crippen LogP contribution in [0, 0.1) is 6.92 Å². The van der Waals surface area contributed by atoms with E-state index in [0.29, 0.717) is 23.6 Å². The molecule has 2 heterocycles. The zero-order valence-corrected chi connectivity index (χ0v) is 20.6. The number of hydrogen-bond acceptors (Lipinski definition) is 7. The van der Waals surface area contributed by atoms with Gasteiger partial charge in [0.15, 0.2) is 11.6 Å². The second-order valence-electron chi connectivity index (χ2n) is 8.15. The molecule has 3 aromatic rings. The minimum absolute atomic E-state index is 0.175. The molecule has 3 rings (SSSR count). The number of anilines is 1. The second-order valence-corrected chi connectivity index (χ2v) is 8.15. The smallest absolute Gasteiger partial charge is 0.343 e. The van der Waals surface area contributed by atoms with E-state index in [2.05, 4.69) is 22.2 Å². The molecule has 1 N–H and O–H groups in total. The third-order valence-electron chi connectivity index (χ3n) is 5.57. The van der Waals surface area contributed by atoms with Crippen LogP contribution >= 0.6 is 0 Å². The van der Waals surface area contributed by atoms with Crippen LogP contribution in [0.1, 0.15) is 49.0 Å². The molecule has 0 fully saturated rings. The van der Waals surface area contributed by atoms with Crippen molar-refractivity contribution in [3.8, 4) is 11.6 Å². The van der Waals surface area contributed by atoms with Gasteiger partial charge in [0.2, 0.25) is 5.91 Å². The van der Waals surface area contributed by atoms with Crippen molar-refractivity contribution in [2.24, 2.45) is 0 Å². The van der Waals surface area contributed by atoms with Gasteiger partial charge in [-0.05, 0) is 51.6 Å². The topological polar surface area (TPSA) is 98.6 Å². The van der Waals surface area contributed by atoms with Crippen molar-refractivity contribution in [3.05, 3.63) is 41.6 Å². The molecule has 0 radical (unpaired) electrons. The highest BCUT2D eigenvalue weighted by Crippen LogP contribution is 2.29. The Bertz CT molecular complexity index is 1160. The minimum atomic E-state index is -0.556.